The van der Waals surface area contributed by atoms with Gasteiger partial charge in [-0.3, -0.25) is 14.4 Å². The summed E-state index contributed by atoms with van der Waals surface area (Å²) in [5.41, 5.74) is 2.19. The first kappa shape index (κ1) is 25.9. The predicted molar refractivity (Wildman–Crippen MR) is 130 cm³/mol. The SMILES string of the molecule is C=C(/C=C\C(=C/C)OC)[C@H](C(=O)Nc1ccc(C(C)(C)C)cc1)N(C)C(=O)[C@H]1CNC(=O)C1. The van der Waals surface area contributed by atoms with E-state index in [1.807, 2.05) is 31.2 Å². The Morgan fingerprint density at radius 1 is 1.24 bits per heavy atom. The van der Waals surface area contributed by atoms with Gasteiger partial charge in [0.15, 0.2) is 0 Å². The van der Waals surface area contributed by atoms with Gasteiger partial charge in [0.1, 0.15) is 11.8 Å². The van der Waals surface area contributed by atoms with E-state index >= 15 is 0 Å². The van der Waals surface area contributed by atoms with Gasteiger partial charge in [0.2, 0.25) is 11.8 Å². The summed E-state index contributed by atoms with van der Waals surface area (Å²) in [6.45, 7) is 12.5. The Hall–Kier alpha value is -3.35. The van der Waals surface area contributed by atoms with Crippen molar-refractivity contribution < 1.29 is 19.1 Å². The molecule has 1 aliphatic rings. The van der Waals surface area contributed by atoms with Crippen molar-refractivity contribution in [3.8, 4) is 0 Å². The summed E-state index contributed by atoms with van der Waals surface area (Å²) in [7, 11) is 3.11. The number of carbonyl (C=O) groups excluding carboxylic acids is 3. The van der Waals surface area contributed by atoms with Crippen molar-refractivity contribution >= 4 is 23.4 Å². The molecule has 1 aromatic rings. The number of benzene rings is 1. The van der Waals surface area contributed by atoms with Gasteiger partial charge in [-0.2, -0.15) is 0 Å². The highest BCUT2D eigenvalue weighted by Gasteiger charge is 2.36. The van der Waals surface area contributed by atoms with Gasteiger partial charge in [0, 0.05) is 25.7 Å². The average Bonchev–Trinajstić information content (AvgIpc) is 3.20. The van der Waals surface area contributed by atoms with Crippen molar-refractivity contribution in [1.82, 2.24) is 10.2 Å². The molecule has 1 aromatic carbocycles. The van der Waals surface area contributed by atoms with Gasteiger partial charge >= 0.3 is 0 Å². The van der Waals surface area contributed by atoms with E-state index in [1.165, 1.54) is 4.90 Å². The van der Waals surface area contributed by atoms with E-state index < -0.39 is 12.0 Å². The molecule has 2 rings (SSSR count). The summed E-state index contributed by atoms with van der Waals surface area (Å²) in [6.07, 6.45) is 5.24. The maximum atomic E-state index is 13.3. The quantitative estimate of drug-likeness (QED) is 0.466. The van der Waals surface area contributed by atoms with E-state index in [9.17, 15) is 14.4 Å². The number of likely N-dealkylation sites (N-methyl/N-ethyl adjacent to an activating group) is 1. The number of carbonyl (C=O) groups is 3. The summed E-state index contributed by atoms with van der Waals surface area (Å²) >= 11 is 0. The fourth-order valence-electron chi connectivity index (χ4n) is 3.61. The van der Waals surface area contributed by atoms with Crippen LogP contribution in [-0.2, 0) is 24.5 Å². The lowest BCUT2D eigenvalue weighted by Gasteiger charge is -2.30. The molecule has 0 saturated carbocycles. The molecule has 1 heterocycles. The van der Waals surface area contributed by atoms with E-state index in [0.717, 1.165) is 5.56 Å². The first-order chi connectivity index (χ1) is 15.5. The van der Waals surface area contributed by atoms with Crippen LogP contribution < -0.4 is 10.6 Å². The Kier molecular flexibility index (Phi) is 8.63. The maximum absolute atomic E-state index is 13.3. The lowest BCUT2D eigenvalue weighted by Crippen LogP contribution is -2.48. The van der Waals surface area contributed by atoms with Gasteiger partial charge in [-0.1, -0.05) is 45.6 Å². The molecule has 0 aliphatic carbocycles. The van der Waals surface area contributed by atoms with Gasteiger partial charge in [-0.25, -0.2) is 0 Å². The van der Waals surface area contributed by atoms with Crippen LogP contribution in [0.15, 0.2) is 60.4 Å². The van der Waals surface area contributed by atoms with Crippen LogP contribution in [0.25, 0.3) is 0 Å². The number of hydrogen-bond acceptors (Lipinski definition) is 4. The Bertz CT molecular complexity index is 955. The standard InChI is InChI=1S/C26H35N3O4/c1-8-21(33-7)14-9-17(2)23(29(6)25(32)18-15-22(30)27-16-18)24(31)28-20-12-10-19(11-13-20)26(3,4)5/h8-14,18,23H,2,15-16H2,1,3-7H3,(H,27,30)(H,28,31)/b14-9-,21-8+/t18-,23-/m1/s1. The highest BCUT2D eigenvalue weighted by atomic mass is 16.5. The van der Waals surface area contributed by atoms with Crippen LogP contribution in [0.2, 0.25) is 0 Å². The lowest BCUT2D eigenvalue weighted by atomic mass is 9.87. The fraction of sp³-hybridized carbons (Fsp3) is 0.423. The molecule has 0 aromatic heterocycles. The molecule has 2 atom stereocenters. The molecular formula is C26H35N3O4. The molecule has 1 fully saturated rings. The van der Waals surface area contributed by atoms with Crippen molar-refractivity contribution in [2.75, 3.05) is 26.0 Å². The number of methoxy groups -OCH3 is 1. The Morgan fingerprint density at radius 3 is 2.36 bits per heavy atom. The van der Waals surface area contributed by atoms with Gasteiger partial charge in [0.05, 0.1) is 13.0 Å². The number of rotatable bonds is 8. The zero-order valence-electron chi connectivity index (χ0n) is 20.4. The lowest BCUT2D eigenvalue weighted by molar-refractivity contribution is -0.139. The van der Waals surface area contributed by atoms with Crippen molar-refractivity contribution in [2.45, 2.75) is 45.6 Å². The molecule has 2 N–H and O–H groups in total. The van der Waals surface area contributed by atoms with Crippen LogP contribution in [0.3, 0.4) is 0 Å². The van der Waals surface area contributed by atoms with E-state index in [1.54, 1.807) is 32.4 Å². The topological polar surface area (TPSA) is 87.7 Å². The summed E-state index contributed by atoms with van der Waals surface area (Å²) in [5.74, 6) is -0.749. The average molecular weight is 454 g/mol. The fourth-order valence-corrected chi connectivity index (χ4v) is 3.61. The monoisotopic (exact) mass is 453 g/mol. The molecule has 33 heavy (non-hydrogen) atoms. The zero-order chi connectivity index (χ0) is 24.8. The first-order valence-electron chi connectivity index (χ1n) is 11.0. The molecular weight excluding hydrogens is 418 g/mol. The molecule has 7 nitrogen and oxygen atoms in total. The predicted octanol–water partition coefficient (Wildman–Crippen LogP) is 3.55. The van der Waals surface area contributed by atoms with Crippen molar-refractivity contribution in [3.05, 3.63) is 66.0 Å². The number of anilines is 1. The van der Waals surface area contributed by atoms with Gasteiger partial charge in [0.25, 0.3) is 5.91 Å². The van der Waals surface area contributed by atoms with Crippen LogP contribution in [0, 0.1) is 5.92 Å². The van der Waals surface area contributed by atoms with Crippen molar-refractivity contribution in [1.29, 1.82) is 0 Å². The maximum Gasteiger partial charge on any atom is 0.251 e. The number of nitrogens with zero attached hydrogens (tertiary/aromatic N) is 1. The number of ether oxygens (including phenoxy) is 1. The number of hydrogen-bond donors (Lipinski definition) is 2. The van der Waals surface area contributed by atoms with Crippen molar-refractivity contribution in [3.63, 3.8) is 0 Å². The number of nitrogens with one attached hydrogen (secondary N) is 2. The molecule has 0 unspecified atom stereocenters. The summed E-state index contributed by atoms with van der Waals surface area (Å²) in [5, 5.41) is 5.56. The molecule has 1 saturated heterocycles. The van der Waals surface area contributed by atoms with Gasteiger partial charge in [-0.15, -0.1) is 0 Å². The third-order valence-electron chi connectivity index (χ3n) is 5.66. The highest BCUT2D eigenvalue weighted by molar-refractivity contribution is 6.00. The minimum Gasteiger partial charge on any atom is -0.497 e. The summed E-state index contributed by atoms with van der Waals surface area (Å²) < 4.78 is 5.23. The molecule has 0 bridgehead atoms. The molecule has 0 spiro atoms. The van der Waals surface area contributed by atoms with Crippen LogP contribution in [0.1, 0.15) is 39.7 Å². The molecule has 3 amide bonds. The normalized spacial score (nSPS) is 17.5. The zero-order valence-corrected chi connectivity index (χ0v) is 20.4. The van der Waals surface area contributed by atoms with Crippen LogP contribution in [0.5, 0.6) is 0 Å². The Balaban J connectivity index is 2.28. The molecule has 0 radical (unpaired) electrons. The number of amides is 3. The van der Waals surface area contributed by atoms with E-state index in [-0.39, 0.29) is 36.1 Å². The van der Waals surface area contributed by atoms with Gasteiger partial charge < -0.3 is 20.3 Å². The minimum atomic E-state index is -0.957. The molecule has 7 heteroatoms. The molecule has 178 valence electrons. The van der Waals surface area contributed by atoms with Crippen LogP contribution >= 0.6 is 0 Å². The largest absolute Gasteiger partial charge is 0.497 e. The second-order valence-corrected chi connectivity index (χ2v) is 9.18. The Morgan fingerprint density at radius 2 is 1.88 bits per heavy atom. The van der Waals surface area contributed by atoms with E-state index in [0.29, 0.717) is 17.0 Å². The number of allylic oxidation sites excluding steroid dienone is 2. The minimum absolute atomic E-state index is 0.00457. The summed E-state index contributed by atoms with van der Waals surface area (Å²) in [4.78, 5) is 39.3. The highest BCUT2D eigenvalue weighted by Crippen LogP contribution is 2.24. The molecule has 1 aliphatic heterocycles. The third-order valence-corrected chi connectivity index (χ3v) is 5.66. The smallest absolute Gasteiger partial charge is 0.251 e. The van der Waals surface area contributed by atoms with Crippen molar-refractivity contribution in [2.24, 2.45) is 5.92 Å². The second kappa shape index (κ2) is 11.0. The van der Waals surface area contributed by atoms with E-state index in [4.69, 9.17) is 4.74 Å². The first-order valence-corrected chi connectivity index (χ1v) is 11.0. The summed E-state index contributed by atoms with van der Waals surface area (Å²) in [6, 6.07) is 6.68. The van der Waals surface area contributed by atoms with E-state index in [2.05, 4.69) is 38.0 Å². The van der Waals surface area contributed by atoms with Crippen LogP contribution in [-0.4, -0.2) is 49.4 Å². The van der Waals surface area contributed by atoms with Crippen LogP contribution in [0.4, 0.5) is 5.69 Å². The second-order valence-electron chi connectivity index (χ2n) is 9.18. The van der Waals surface area contributed by atoms with Gasteiger partial charge in [-0.05, 0) is 47.8 Å². The third kappa shape index (κ3) is 6.81. The Labute approximate surface area is 196 Å².